The van der Waals surface area contributed by atoms with Gasteiger partial charge in [-0.1, -0.05) is 6.07 Å². The Labute approximate surface area is 127 Å². The van der Waals surface area contributed by atoms with Gasteiger partial charge in [-0.3, -0.25) is 4.79 Å². The highest BCUT2D eigenvalue weighted by Gasteiger charge is 2.25. The molecule has 1 saturated heterocycles. The van der Waals surface area contributed by atoms with Crippen LogP contribution in [0.25, 0.3) is 0 Å². The highest BCUT2D eigenvalue weighted by atomic mass is 32.1. The Kier molecular flexibility index (Phi) is 6.01. The molecule has 116 valence electrons. The molecule has 2 amide bonds. The van der Waals surface area contributed by atoms with E-state index in [1.54, 1.807) is 11.3 Å². The van der Waals surface area contributed by atoms with Crippen molar-refractivity contribution in [2.75, 3.05) is 13.2 Å². The third kappa shape index (κ3) is 5.35. The van der Waals surface area contributed by atoms with E-state index in [2.05, 4.69) is 10.6 Å². The normalized spacial score (nSPS) is 21.7. The molecule has 0 spiro atoms. The van der Waals surface area contributed by atoms with Crippen molar-refractivity contribution >= 4 is 23.3 Å². The Balaban J connectivity index is 1.69. The molecule has 1 aromatic heterocycles. The molecule has 0 unspecified atom stereocenters. The maximum atomic E-state index is 11.7. The molecule has 2 heterocycles. The average Bonchev–Trinajstić information content (AvgIpc) is 2.98. The average molecular weight is 312 g/mol. The Morgan fingerprint density at radius 3 is 3.05 bits per heavy atom. The number of urea groups is 1. The number of hydrogen-bond donors (Lipinski definition) is 3. The van der Waals surface area contributed by atoms with Crippen molar-refractivity contribution in [1.29, 1.82) is 0 Å². The molecule has 3 N–H and O–H groups in total. The van der Waals surface area contributed by atoms with E-state index in [9.17, 15) is 9.59 Å². The van der Waals surface area contributed by atoms with Crippen molar-refractivity contribution in [2.24, 2.45) is 0 Å². The molecule has 0 radical (unpaired) electrons. The summed E-state index contributed by atoms with van der Waals surface area (Å²) in [5.74, 6) is -0.847. The van der Waals surface area contributed by atoms with Crippen LogP contribution in [0, 0.1) is 0 Å². The SMILES string of the molecule is O=C(O)CCCNC(=O)N[C@@H]1CCO[C@@H](c2cccs2)C1. The van der Waals surface area contributed by atoms with E-state index in [0.717, 1.165) is 12.8 Å². The first-order chi connectivity index (χ1) is 10.1. The molecular weight excluding hydrogens is 292 g/mol. The van der Waals surface area contributed by atoms with E-state index in [0.29, 0.717) is 19.6 Å². The van der Waals surface area contributed by atoms with Crippen molar-refractivity contribution < 1.29 is 19.4 Å². The summed E-state index contributed by atoms with van der Waals surface area (Å²) in [5, 5.41) is 16.1. The molecule has 7 heteroatoms. The number of amides is 2. The van der Waals surface area contributed by atoms with E-state index in [1.165, 1.54) is 4.88 Å². The van der Waals surface area contributed by atoms with Crippen molar-refractivity contribution in [3.8, 4) is 0 Å². The van der Waals surface area contributed by atoms with E-state index < -0.39 is 5.97 Å². The van der Waals surface area contributed by atoms with Gasteiger partial charge in [0.1, 0.15) is 0 Å². The first-order valence-electron chi connectivity index (χ1n) is 7.06. The van der Waals surface area contributed by atoms with Crippen LogP contribution in [0.3, 0.4) is 0 Å². The Morgan fingerprint density at radius 2 is 2.33 bits per heavy atom. The fourth-order valence-electron chi connectivity index (χ4n) is 2.28. The molecule has 1 aliphatic rings. The third-order valence-corrected chi connectivity index (χ3v) is 4.30. The highest BCUT2D eigenvalue weighted by Crippen LogP contribution is 2.30. The number of thiophene rings is 1. The summed E-state index contributed by atoms with van der Waals surface area (Å²) < 4.78 is 5.73. The van der Waals surface area contributed by atoms with Crippen molar-refractivity contribution in [3.63, 3.8) is 0 Å². The minimum Gasteiger partial charge on any atom is -0.481 e. The summed E-state index contributed by atoms with van der Waals surface area (Å²) in [6.45, 7) is 1.00. The standard InChI is InChI=1S/C14H20N2O4S/c17-13(18)4-1-6-15-14(19)16-10-5-7-20-11(9-10)12-3-2-8-21-12/h2-3,8,10-11H,1,4-7,9H2,(H,17,18)(H2,15,16,19)/t10-,11-/m1/s1. The number of carbonyl (C=O) groups excluding carboxylic acids is 1. The number of ether oxygens (including phenoxy) is 1. The zero-order valence-corrected chi connectivity index (χ0v) is 12.5. The Bertz CT molecular complexity index is 464. The minimum absolute atomic E-state index is 0.0519. The van der Waals surface area contributed by atoms with Gasteiger partial charge >= 0.3 is 12.0 Å². The summed E-state index contributed by atoms with van der Waals surface area (Å²) in [7, 11) is 0. The van der Waals surface area contributed by atoms with Crippen LogP contribution in [0.4, 0.5) is 4.79 Å². The predicted molar refractivity (Wildman–Crippen MR) is 79.4 cm³/mol. The number of hydrogen-bond acceptors (Lipinski definition) is 4. The number of nitrogens with one attached hydrogen (secondary N) is 2. The van der Waals surface area contributed by atoms with E-state index in [1.807, 2.05) is 17.5 Å². The van der Waals surface area contributed by atoms with Gasteiger partial charge in [-0.25, -0.2) is 4.79 Å². The van der Waals surface area contributed by atoms with Crippen molar-refractivity contribution in [2.45, 2.75) is 37.8 Å². The monoisotopic (exact) mass is 312 g/mol. The van der Waals surface area contributed by atoms with Gasteiger partial charge in [0.05, 0.1) is 6.10 Å². The lowest BCUT2D eigenvalue weighted by molar-refractivity contribution is -0.137. The van der Waals surface area contributed by atoms with Gasteiger partial charge in [-0.05, 0) is 30.7 Å². The summed E-state index contributed by atoms with van der Waals surface area (Å²) in [6.07, 6.45) is 2.12. The van der Waals surface area contributed by atoms with E-state index >= 15 is 0 Å². The lowest BCUT2D eigenvalue weighted by Crippen LogP contribution is -2.45. The van der Waals surface area contributed by atoms with Gasteiger partial charge in [0.25, 0.3) is 0 Å². The van der Waals surface area contributed by atoms with Gasteiger partial charge < -0.3 is 20.5 Å². The predicted octanol–water partition coefficient (Wildman–Crippen LogP) is 2.13. The van der Waals surface area contributed by atoms with E-state index in [-0.39, 0.29) is 24.6 Å². The van der Waals surface area contributed by atoms with Gasteiger partial charge in [0, 0.05) is 30.5 Å². The second kappa shape index (κ2) is 7.99. The Morgan fingerprint density at radius 1 is 1.48 bits per heavy atom. The van der Waals surface area contributed by atoms with Crippen molar-refractivity contribution in [3.05, 3.63) is 22.4 Å². The molecule has 6 nitrogen and oxygen atoms in total. The summed E-state index contributed by atoms with van der Waals surface area (Å²) in [5.41, 5.74) is 0. The second-order valence-corrected chi connectivity index (χ2v) is 5.97. The Hall–Kier alpha value is -1.60. The quantitative estimate of drug-likeness (QED) is 0.702. The zero-order valence-electron chi connectivity index (χ0n) is 11.7. The maximum absolute atomic E-state index is 11.7. The second-order valence-electron chi connectivity index (χ2n) is 4.99. The largest absolute Gasteiger partial charge is 0.481 e. The number of rotatable bonds is 6. The molecule has 1 aromatic rings. The summed E-state index contributed by atoms with van der Waals surface area (Å²) in [4.78, 5) is 23.3. The molecular formula is C14H20N2O4S. The van der Waals surface area contributed by atoms with Crippen LogP contribution in [0.5, 0.6) is 0 Å². The summed E-state index contributed by atoms with van der Waals surface area (Å²) >= 11 is 1.66. The van der Waals surface area contributed by atoms with Crippen LogP contribution >= 0.6 is 11.3 Å². The molecule has 0 saturated carbocycles. The molecule has 1 aliphatic heterocycles. The van der Waals surface area contributed by atoms with Gasteiger partial charge in [0.15, 0.2) is 0 Å². The number of carbonyl (C=O) groups is 2. The van der Waals surface area contributed by atoms with Crippen LogP contribution in [0.15, 0.2) is 17.5 Å². The third-order valence-electron chi connectivity index (χ3n) is 3.33. The van der Waals surface area contributed by atoms with E-state index in [4.69, 9.17) is 9.84 Å². The fraction of sp³-hybridized carbons (Fsp3) is 0.571. The van der Waals surface area contributed by atoms with Crippen molar-refractivity contribution in [1.82, 2.24) is 10.6 Å². The summed E-state index contributed by atoms with van der Waals surface area (Å²) in [6, 6.07) is 3.89. The number of carboxylic acids is 1. The lowest BCUT2D eigenvalue weighted by atomic mass is 10.0. The molecule has 1 fully saturated rings. The molecule has 0 bridgehead atoms. The first-order valence-corrected chi connectivity index (χ1v) is 7.94. The topological polar surface area (TPSA) is 87.7 Å². The molecule has 2 rings (SSSR count). The number of carboxylic acid groups (broad SMARTS) is 1. The van der Waals surface area contributed by atoms with Crippen LogP contribution in [0.1, 0.15) is 36.7 Å². The molecule has 0 aliphatic carbocycles. The first kappa shape index (κ1) is 15.8. The maximum Gasteiger partial charge on any atom is 0.315 e. The van der Waals surface area contributed by atoms with Crippen LogP contribution in [-0.4, -0.2) is 36.3 Å². The van der Waals surface area contributed by atoms with Gasteiger partial charge in [-0.15, -0.1) is 11.3 Å². The lowest BCUT2D eigenvalue weighted by Gasteiger charge is -2.29. The fourth-order valence-corrected chi connectivity index (χ4v) is 3.07. The zero-order chi connectivity index (χ0) is 15.1. The molecule has 21 heavy (non-hydrogen) atoms. The van der Waals surface area contributed by atoms with Crippen LogP contribution in [-0.2, 0) is 9.53 Å². The molecule has 0 aromatic carbocycles. The van der Waals surface area contributed by atoms with Crippen LogP contribution < -0.4 is 10.6 Å². The highest BCUT2D eigenvalue weighted by molar-refractivity contribution is 7.10. The van der Waals surface area contributed by atoms with Gasteiger partial charge in [-0.2, -0.15) is 0 Å². The minimum atomic E-state index is -0.847. The smallest absolute Gasteiger partial charge is 0.315 e. The molecule has 2 atom stereocenters. The number of aliphatic carboxylic acids is 1. The van der Waals surface area contributed by atoms with Gasteiger partial charge in [0.2, 0.25) is 0 Å². The van der Waals surface area contributed by atoms with Crippen LogP contribution in [0.2, 0.25) is 0 Å².